The van der Waals surface area contributed by atoms with Crippen LogP contribution in [0.4, 0.5) is 10.5 Å². The Morgan fingerprint density at radius 3 is 2.27 bits per heavy atom. The van der Waals surface area contributed by atoms with E-state index in [4.69, 9.17) is 14.2 Å². The summed E-state index contributed by atoms with van der Waals surface area (Å²) in [6.45, 7) is 7.13. The number of nitrogens with zero attached hydrogens (tertiary/aromatic N) is 2. The van der Waals surface area contributed by atoms with Gasteiger partial charge in [-0.3, -0.25) is 19.3 Å². The van der Waals surface area contributed by atoms with Crippen LogP contribution in [-0.4, -0.2) is 78.7 Å². The minimum absolute atomic E-state index is 0.00453. The molecule has 0 saturated carbocycles. The van der Waals surface area contributed by atoms with Crippen molar-refractivity contribution in [3.63, 3.8) is 0 Å². The maximum Gasteiger partial charge on any atom is 0.329 e. The summed E-state index contributed by atoms with van der Waals surface area (Å²) in [5.74, 6) is 2.24. The highest BCUT2D eigenvalue weighted by Crippen LogP contribution is 2.66. The van der Waals surface area contributed by atoms with Gasteiger partial charge in [-0.1, -0.05) is 111 Å². The lowest BCUT2D eigenvalue weighted by Crippen LogP contribution is -2.57. The summed E-state index contributed by atoms with van der Waals surface area (Å²) in [6, 6.07) is 25.5. The van der Waals surface area contributed by atoms with Crippen LogP contribution in [0.5, 0.6) is 5.75 Å². The Hall–Kier alpha value is -7.01. The molecule has 340 valence electrons. The molecule has 1 spiro atoms. The van der Waals surface area contributed by atoms with E-state index in [1.807, 2.05) is 65.6 Å². The number of hydrogen-bond acceptors (Lipinski definition) is 10. The number of morpholine rings is 1. The Kier molecular flexibility index (Phi) is 13.5. The summed E-state index contributed by atoms with van der Waals surface area (Å²) in [6.07, 6.45) is 6.58. The van der Waals surface area contributed by atoms with E-state index in [1.165, 1.54) is 13.2 Å². The molecule has 1 aliphatic carbocycles. The lowest BCUT2D eigenvalue weighted by atomic mass is 9.65. The van der Waals surface area contributed by atoms with Crippen LogP contribution in [0.25, 0.3) is 0 Å². The van der Waals surface area contributed by atoms with E-state index < -0.39 is 77.3 Å². The first-order chi connectivity index (χ1) is 32.0. The maximum atomic E-state index is 16.4. The SMILES string of the molecule is C=CCNC(=O)C1C2C(=O)OC(c3ccccc3)C(c3ccccc3)N2C(c2ccc(OCCO)cc2)C12C(=O)N(C(=O)NC(C(=O)OC)C(C)C)c1ccc(C#CC3=CCCCC3)cc12. The third kappa shape index (κ3) is 8.27. The highest BCUT2D eigenvalue weighted by molar-refractivity contribution is 6.25. The van der Waals surface area contributed by atoms with Gasteiger partial charge in [0.25, 0.3) is 0 Å². The van der Waals surface area contributed by atoms with Gasteiger partial charge >= 0.3 is 18.0 Å². The smallest absolute Gasteiger partial charge is 0.329 e. The van der Waals surface area contributed by atoms with Gasteiger partial charge in [-0.05, 0) is 89.8 Å². The molecule has 2 fully saturated rings. The largest absolute Gasteiger partial charge is 0.491 e. The number of aliphatic hydroxyl groups excluding tert-OH is 1. The number of nitrogens with one attached hydrogen (secondary N) is 2. The zero-order valence-corrected chi connectivity index (χ0v) is 37.3. The quantitative estimate of drug-likeness (QED) is 0.0785. The van der Waals surface area contributed by atoms with Crippen LogP contribution in [0, 0.1) is 23.7 Å². The molecule has 4 amide bonds. The van der Waals surface area contributed by atoms with Crippen LogP contribution < -0.4 is 20.3 Å². The fourth-order valence-corrected chi connectivity index (χ4v) is 10.1. The Labute approximate surface area is 384 Å². The van der Waals surface area contributed by atoms with Gasteiger partial charge in [0.15, 0.2) is 0 Å². The molecule has 4 aromatic carbocycles. The Bertz CT molecular complexity index is 2590. The molecule has 7 unspecified atom stereocenters. The standard InChI is InChI=1S/C53H54N4O9/c1-5-29-54-48(59)42-45-50(61)66-46(37-19-13-8-14-20-37)44(36-17-11-7-12-18-36)57(45)47(38-24-26-39(27-25-38)65-31-30-58)53(42)40-32-35(22-21-34-15-9-6-10-16-34)23-28-41(40)56(51(53)62)52(63)55-43(33(2)3)49(60)64-4/h5,7-8,11-15,17-20,23-28,32-33,42-47,58H,1,6,9-10,16,29-31H2,2-4H3,(H,54,59)(H,55,63). The third-order valence-corrected chi connectivity index (χ3v) is 13.0. The zero-order chi connectivity index (χ0) is 46.5. The minimum Gasteiger partial charge on any atom is -0.491 e. The molecule has 0 bridgehead atoms. The number of carbonyl (C=O) groups excluding carboxylic acids is 5. The number of esters is 2. The van der Waals surface area contributed by atoms with Gasteiger partial charge in [0, 0.05) is 12.1 Å². The summed E-state index contributed by atoms with van der Waals surface area (Å²) in [5.41, 5.74) is 1.90. The van der Waals surface area contributed by atoms with E-state index in [0.717, 1.165) is 41.7 Å². The number of methoxy groups -OCH3 is 1. The van der Waals surface area contributed by atoms with E-state index in [-0.39, 0.29) is 25.4 Å². The van der Waals surface area contributed by atoms with Gasteiger partial charge in [-0.2, -0.15) is 0 Å². The number of hydrogen-bond donors (Lipinski definition) is 3. The van der Waals surface area contributed by atoms with Gasteiger partial charge in [0.1, 0.15) is 36.0 Å². The second-order valence-corrected chi connectivity index (χ2v) is 17.2. The molecule has 0 radical (unpaired) electrons. The molecule has 0 aromatic heterocycles. The van der Waals surface area contributed by atoms with Crippen molar-refractivity contribution in [1.29, 1.82) is 0 Å². The molecular weight excluding hydrogens is 837 g/mol. The summed E-state index contributed by atoms with van der Waals surface area (Å²) in [5, 5.41) is 15.3. The van der Waals surface area contributed by atoms with Crippen molar-refractivity contribution < 1.29 is 43.3 Å². The third-order valence-electron chi connectivity index (χ3n) is 13.0. The zero-order valence-electron chi connectivity index (χ0n) is 37.3. The second kappa shape index (κ2) is 19.6. The lowest BCUT2D eigenvalue weighted by molar-refractivity contribution is -0.178. The van der Waals surface area contributed by atoms with Gasteiger partial charge in [0.2, 0.25) is 11.8 Å². The first-order valence-corrected chi connectivity index (χ1v) is 22.4. The number of cyclic esters (lactones) is 1. The summed E-state index contributed by atoms with van der Waals surface area (Å²) in [7, 11) is 1.22. The topological polar surface area (TPSA) is 164 Å². The van der Waals surface area contributed by atoms with E-state index in [9.17, 15) is 14.7 Å². The first-order valence-electron chi connectivity index (χ1n) is 22.4. The molecule has 13 nitrogen and oxygen atoms in total. The number of benzene rings is 4. The molecular formula is C53H54N4O9. The Morgan fingerprint density at radius 2 is 1.64 bits per heavy atom. The number of ether oxygens (including phenoxy) is 3. The fraction of sp³-hybridized carbons (Fsp3) is 0.340. The number of allylic oxidation sites excluding steroid dienone is 2. The molecule has 7 atom stereocenters. The van der Waals surface area contributed by atoms with Crippen LogP contribution >= 0.6 is 0 Å². The van der Waals surface area contributed by atoms with Crippen molar-refractivity contribution in [2.75, 3.05) is 31.8 Å². The average Bonchev–Trinajstić information content (AvgIpc) is 3.80. The van der Waals surface area contributed by atoms with Crippen LogP contribution in [0.15, 0.2) is 127 Å². The highest BCUT2D eigenvalue weighted by Gasteiger charge is 2.75. The number of rotatable bonds is 12. The number of aliphatic hydroxyl groups is 1. The van der Waals surface area contributed by atoms with E-state index in [0.29, 0.717) is 28.0 Å². The van der Waals surface area contributed by atoms with Crippen molar-refractivity contribution in [3.8, 4) is 17.6 Å². The fourth-order valence-electron chi connectivity index (χ4n) is 10.1. The molecule has 8 rings (SSSR count). The Balaban J connectivity index is 1.45. The average molecular weight is 891 g/mol. The number of anilines is 1. The van der Waals surface area contributed by atoms with Crippen molar-refractivity contribution >= 4 is 35.5 Å². The van der Waals surface area contributed by atoms with Gasteiger partial charge < -0.3 is 30.0 Å². The van der Waals surface area contributed by atoms with Crippen molar-refractivity contribution in [3.05, 3.63) is 155 Å². The van der Waals surface area contributed by atoms with E-state index in [2.05, 4.69) is 35.1 Å². The molecule has 3 heterocycles. The highest BCUT2D eigenvalue weighted by atomic mass is 16.6. The predicted octanol–water partition coefficient (Wildman–Crippen LogP) is 6.78. The first kappa shape index (κ1) is 45.6. The summed E-state index contributed by atoms with van der Waals surface area (Å²) >= 11 is 0. The van der Waals surface area contributed by atoms with E-state index in [1.54, 1.807) is 56.3 Å². The minimum atomic E-state index is -2.03. The Morgan fingerprint density at radius 1 is 0.924 bits per heavy atom. The number of carbonyl (C=O) groups is 5. The molecule has 4 aromatic rings. The van der Waals surface area contributed by atoms with Gasteiger partial charge in [0.05, 0.1) is 37.4 Å². The maximum absolute atomic E-state index is 16.4. The normalized spacial score (nSPS) is 23.7. The van der Waals surface area contributed by atoms with Crippen LogP contribution in [0.2, 0.25) is 0 Å². The monoisotopic (exact) mass is 890 g/mol. The van der Waals surface area contributed by atoms with Gasteiger partial charge in [-0.25, -0.2) is 14.5 Å². The second-order valence-electron chi connectivity index (χ2n) is 17.2. The lowest BCUT2D eigenvalue weighted by Gasteiger charge is -2.46. The molecule has 4 aliphatic rings. The number of amides is 4. The van der Waals surface area contributed by atoms with Crippen molar-refractivity contribution in [2.45, 2.75) is 75.2 Å². The molecule has 3 aliphatic heterocycles. The van der Waals surface area contributed by atoms with E-state index >= 15 is 14.4 Å². The number of urea groups is 1. The van der Waals surface area contributed by atoms with Crippen LogP contribution in [-0.2, 0) is 34.1 Å². The molecule has 2 saturated heterocycles. The van der Waals surface area contributed by atoms with Gasteiger partial charge in [-0.15, -0.1) is 6.58 Å². The number of imide groups is 1. The number of fused-ring (bicyclic) bond motifs is 3. The van der Waals surface area contributed by atoms with Crippen molar-refractivity contribution in [2.24, 2.45) is 11.8 Å². The van der Waals surface area contributed by atoms with Crippen LogP contribution in [0.1, 0.15) is 85.5 Å². The molecule has 66 heavy (non-hydrogen) atoms. The van der Waals surface area contributed by atoms with Crippen molar-refractivity contribution in [1.82, 2.24) is 15.5 Å². The summed E-state index contributed by atoms with van der Waals surface area (Å²) < 4.78 is 17.4. The predicted molar refractivity (Wildman–Crippen MR) is 247 cm³/mol. The molecule has 13 heteroatoms. The molecule has 3 N–H and O–H groups in total. The van der Waals surface area contributed by atoms with Crippen LogP contribution in [0.3, 0.4) is 0 Å². The summed E-state index contributed by atoms with van der Waals surface area (Å²) in [4.78, 5) is 78.0.